The van der Waals surface area contributed by atoms with Crippen molar-refractivity contribution in [3.63, 3.8) is 0 Å². The van der Waals surface area contributed by atoms with Crippen LogP contribution in [-0.2, 0) is 14.4 Å². The fourth-order valence-electron chi connectivity index (χ4n) is 3.91. The average molecular weight is 564 g/mol. The monoisotopic (exact) mass is 563 g/mol. The molecule has 7 N–H and O–H groups in total. The fourth-order valence-corrected chi connectivity index (χ4v) is 3.91. The molecule has 0 unspecified atom stereocenters. The molecule has 0 saturated heterocycles. The Morgan fingerprint density at radius 3 is 2.07 bits per heavy atom. The van der Waals surface area contributed by atoms with Crippen LogP contribution in [0.4, 0.5) is 21.9 Å². The largest absolute Gasteiger partial charge is 0.493 e. The Hall–Kier alpha value is -5.10. The van der Waals surface area contributed by atoms with E-state index in [1.165, 1.54) is 14.2 Å². The zero-order chi connectivity index (χ0) is 29.9. The van der Waals surface area contributed by atoms with Crippen molar-refractivity contribution in [1.82, 2.24) is 5.32 Å². The second-order valence-corrected chi connectivity index (χ2v) is 9.10. The number of aryl methyl sites for hydroxylation is 1. The SMILES string of the molecule is COc1ccc([C@H](CC(=O)O)NC(=O)[C@H](N)CC(=O)Nc2ccc(NC(=O)Nc3ccccc3C)cc2)cc1OC. The van der Waals surface area contributed by atoms with Crippen LogP contribution in [0.2, 0.25) is 0 Å². The van der Waals surface area contributed by atoms with Crippen LogP contribution in [0.25, 0.3) is 0 Å². The number of carbonyl (C=O) groups is 4. The minimum Gasteiger partial charge on any atom is -0.493 e. The Morgan fingerprint density at radius 2 is 1.46 bits per heavy atom. The van der Waals surface area contributed by atoms with Gasteiger partial charge in [0, 0.05) is 17.1 Å². The molecule has 4 amide bonds. The lowest BCUT2D eigenvalue weighted by molar-refractivity contribution is -0.138. The van der Waals surface area contributed by atoms with Gasteiger partial charge >= 0.3 is 12.0 Å². The van der Waals surface area contributed by atoms with Gasteiger partial charge in [0.15, 0.2) is 11.5 Å². The number of aliphatic carboxylic acids is 1. The topological polar surface area (TPSA) is 181 Å². The lowest BCUT2D eigenvalue weighted by Crippen LogP contribution is -2.44. The van der Waals surface area contributed by atoms with Crippen molar-refractivity contribution in [2.45, 2.75) is 31.8 Å². The number of nitrogens with one attached hydrogen (secondary N) is 4. The number of carbonyl (C=O) groups excluding carboxylic acids is 3. The summed E-state index contributed by atoms with van der Waals surface area (Å²) >= 11 is 0. The number of benzene rings is 3. The third kappa shape index (κ3) is 8.97. The molecule has 0 aliphatic rings. The van der Waals surface area contributed by atoms with Gasteiger partial charge in [0.25, 0.3) is 0 Å². The number of methoxy groups -OCH3 is 2. The predicted molar refractivity (Wildman–Crippen MR) is 154 cm³/mol. The number of amides is 4. The van der Waals surface area contributed by atoms with Gasteiger partial charge in [-0.2, -0.15) is 0 Å². The number of urea groups is 1. The number of hydrogen-bond acceptors (Lipinski definition) is 7. The predicted octanol–water partition coefficient (Wildman–Crippen LogP) is 3.64. The van der Waals surface area contributed by atoms with Crippen molar-refractivity contribution in [1.29, 1.82) is 0 Å². The maximum Gasteiger partial charge on any atom is 0.323 e. The summed E-state index contributed by atoms with van der Waals surface area (Å²) in [5.41, 5.74) is 8.98. The average Bonchev–Trinajstić information content (AvgIpc) is 2.94. The Balaban J connectivity index is 1.55. The van der Waals surface area contributed by atoms with Crippen LogP contribution in [0.3, 0.4) is 0 Å². The Labute approximate surface area is 237 Å². The molecule has 0 spiro atoms. The van der Waals surface area contributed by atoms with Crippen molar-refractivity contribution in [3.05, 3.63) is 77.9 Å². The minimum atomic E-state index is -1.24. The maximum atomic E-state index is 12.8. The molecule has 0 aliphatic carbocycles. The zero-order valence-electron chi connectivity index (χ0n) is 22.9. The first-order valence-corrected chi connectivity index (χ1v) is 12.6. The van der Waals surface area contributed by atoms with E-state index < -0.39 is 42.3 Å². The first kappa shape index (κ1) is 30.4. The molecular weight excluding hydrogens is 530 g/mol. The first-order chi connectivity index (χ1) is 19.6. The molecule has 41 heavy (non-hydrogen) atoms. The molecule has 0 aliphatic heterocycles. The van der Waals surface area contributed by atoms with E-state index in [-0.39, 0.29) is 6.42 Å². The summed E-state index contributed by atoms with van der Waals surface area (Å²) in [5, 5.41) is 20.1. The number of nitrogens with two attached hydrogens (primary N) is 1. The van der Waals surface area contributed by atoms with Crippen LogP contribution in [0.1, 0.15) is 30.0 Å². The lowest BCUT2D eigenvalue weighted by Gasteiger charge is -2.21. The standard InChI is InChI=1S/C29H33N5O7/c1-17-6-4-5-7-22(17)34-29(39)32-20-11-9-19(10-12-20)31-26(35)15-21(30)28(38)33-23(16-27(36)37)18-8-13-24(40-2)25(14-18)41-3/h4-14,21,23H,15-16,30H2,1-3H3,(H,31,35)(H,33,38)(H,36,37)(H2,32,34,39)/t21-,23+/m1/s1. The number of rotatable bonds is 12. The van der Waals surface area contributed by atoms with Crippen LogP contribution >= 0.6 is 0 Å². The quantitative estimate of drug-likeness (QED) is 0.193. The van der Waals surface area contributed by atoms with Gasteiger partial charge in [-0.25, -0.2) is 4.79 Å². The van der Waals surface area contributed by atoms with E-state index in [0.29, 0.717) is 34.1 Å². The van der Waals surface area contributed by atoms with Crippen LogP contribution in [0.5, 0.6) is 11.5 Å². The molecule has 0 radical (unpaired) electrons. The normalized spacial score (nSPS) is 11.9. The van der Waals surface area contributed by atoms with Crippen LogP contribution in [-0.4, -0.2) is 49.2 Å². The molecule has 0 fully saturated rings. The van der Waals surface area contributed by atoms with Crippen molar-refractivity contribution >= 4 is 40.9 Å². The van der Waals surface area contributed by atoms with Crippen molar-refractivity contribution in [3.8, 4) is 11.5 Å². The van der Waals surface area contributed by atoms with E-state index in [1.54, 1.807) is 48.5 Å². The molecule has 0 bridgehead atoms. The molecular formula is C29H33N5O7. The molecule has 12 nitrogen and oxygen atoms in total. The summed E-state index contributed by atoms with van der Waals surface area (Å²) < 4.78 is 10.5. The second kappa shape index (κ2) is 14.3. The van der Waals surface area contributed by atoms with E-state index in [9.17, 15) is 24.3 Å². The van der Waals surface area contributed by atoms with E-state index in [4.69, 9.17) is 15.2 Å². The maximum absolute atomic E-state index is 12.8. The minimum absolute atomic E-state index is 0.351. The highest BCUT2D eigenvalue weighted by Gasteiger charge is 2.24. The number of carboxylic acids is 1. The summed E-state index contributed by atoms with van der Waals surface area (Å²) in [5.74, 6) is -1.54. The highest BCUT2D eigenvalue weighted by atomic mass is 16.5. The van der Waals surface area contributed by atoms with Gasteiger partial charge in [-0.05, 0) is 60.5 Å². The van der Waals surface area contributed by atoms with Gasteiger partial charge < -0.3 is 41.6 Å². The molecule has 12 heteroatoms. The Kier molecular flexibility index (Phi) is 10.6. The van der Waals surface area contributed by atoms with Gasteiger partial charge in [0.2, 0.25) is 11.8 Å². The smallest absolute Gasteiger partial charge is 0.323 e. The third-order valence-electron chi connectivity index (χ3n) is 6.07. The molecule has 0 saturated carbocycles. The summed E-state index contributed by atoms with van der Waals surface area (Å²) in [4.78, 5) is 49.0. The van der Waals surface area contributed by atoms with Crippen LogP contribution in [0, 0.1) is 6.92 Å². The van der Waals surface area contributed by atoms with Gasteiger partial charge in [-0.1, -0.05) is 24.3 Å². The number of anilines is 3. The summed E-state index contributed by atoms with van der Waals surface area (Å²) in [6.45, 7) is 1.88. The number of carboxylic acid groups (broad SMARTS) is 1. The molecule has 2 atom stereocenters. The molecule has 0 heterocycles. The zero-order valence-corrected chi connectivity index (χ0v) is 22.9. The molecule has 216 valence electrons. The van der Waals surface area contributed by atoms with Gasteiger partial charge in [-0.15, -0.1) is 0 Å². The van der Waals surface area contributed by atoms with E-state index in [1.807, 2.05) is 25.1 Å². The van der Waals surface area contributed by atoms with Gasteiger partial charge in [0.1, 0.15) is 0 Å². The number of hydrogen-bond donors (Lipinski definition) is 6. The third-order valence-corrected chi connectivity index (χ3v) is 6.07. The molecule has 3 rings (SSSR count). The first-order valence-electron chi connectivity index (χ1n) is 12.6. The molecule has 0 aromatic heterocycles. The second-order valence-electron chi connectivity index (χ2n) is 9.10. The highest BCUT2D eigenvalue weighted by molar-refractivity contribution is 6.00. The van der Waals surface area contributed by atoms with Crippen molar-refractivity contribution in [2.75, 3.05) is 30.2 Å². The van der Waals surface area contributed by atoms with E-state index >= 15 is 0 Å². The summed E-state index contributed by atoms with van der Waals surface area (Å²) in [6, 6.07) is 16.0. The molecule has 3 aromatic rings. The lowest BCUT2D eigenvalue weighted by atomic mass is 10.0. The van der Waals surface area contributed by atoms with Crippen molar-refractivity contribution in [2.24, 2.45) is 5.73 Å². The van der Waals surface area contributed by atoms with Crippen molar-refractivity contribution < 1.29 is 33.8 Å². The van der Waals surface area contributed by atoms with E-state index in [2.05, 4.69) is 21.3 Å². The van der Waals surface area contributed by atoms with Crippen LogP contribution in [0.15, 0.2) is 66.7 Å². The van der Waals surface area contributed by atoms with E-state index in [0.717, 1.165) is 5.56 Å². The summed E-state index contributed by atoms with van der Waals surface area (Å²) in [6.07, 6.45) is -0.764. The van der Waals surface area contributed by atoms with Gasteiger partial charge in [-0.3, -0.25) is 14.4 Å². The highest BCUT2D eigenvalue weighted by Crippen LogP contribution is 2.31. The number of para-hydroxylation sites is 1. The fraction of sp³-hybridized carbons (Fsp3) is 0.241. The number of ether oxygens (including phenoxy) is 2. The Bertz CT molecular complexity index is 1390. The van der Waals surface area contributed by atoms with Gasteiger partial charge in [0.05, 0.1) is 39.1 Å². The molecule has 3 aromatic carbocycles. The Morgan fingerprint density at radius 1 is 0.829 bits per heavy atom. The van der Waals surface area contributed by atoms with Crippen LogP contribution < -0.4 is 36.5 Å². The summed E-state index contributed by atoms with van der Waals surface area (Å²) in [7, 11) is 2.91.